The number of thiophene rings is 1. The van der Waals surface area contributed by atoms with Crippen molar-refractivity contribution in [1.82, 2.24) is 0 Å². The second kappa shape index (κ2) is 6.23. The number of anilines is 1. The lowest BCUT2D eigenvalue weighted by Crippen LogP contribution is -2.08. The van der Waals surface area contributed by atoms with Gasteiger partial charge in [0.15, 0.2) is 9.84 Å². The van der Waals surface area contributed by atoms with E-state index in [1.807, 2.05) is 0 Å². The zero-order chi connectivity index (χ0) is 15.5. The summed E-state index contributed by atoms with van der Waals surface area (Å²) in [6, 6.07) is 9.75. The summed E-state index contributed by atoms with van der Waals surface area (Å²) in [5.41, 5.74) is 0.510. The average Bonchev–Trinajstić information content (AvgIpc) is 2.94. The summed E-state index contributed by atoms with van der Waals surface area (Å²) >= 11 is 1.07. The molecule has 0 amide bonds. The highest BCUT2D eigenvalue weighted by Gasteiger charge is 2.16. The molecule has 112 valence electrons. The van der Waals surface area contributed by atoms with Gasteiger partial charge >= 0.3 is 5.00 Å². The lowest BCUT2D eigenvalue weighted by Gasteiger charge is -2.10. The van der Waals surface area contributed by atoms with E-state index in [0.29, 0.717) is 12.2 Å². The quantitative estimate of drug-likeness (QED) is 0.651. The average molecular weight is 326 g/mol. The largest absolute Gasteiger partial charge is 0.379 e. The molecule has 21 heavy (non-hydrogen) atoms. The van der Waals surface area contributed by atoms with Crippen LogP contribution in [0.3, 0.4) is 0 Å². The number of nitro groups is 1. The minimum absolute atomic E-state index is 0.0240. The van der Waals surface area contributed by atoms with Gasteiger partial charge in [0.25, 0.3) is 0 Å². The van der Waals surface area contributed by atoms with Gasteiger partial charge in [0.1, 0.15) is 0 Å². The molecule has 0 saturated heterocycles. The smallest absolute Gasteiger partial charge is 0.324 e. The lowest BCUT2D eigenvalue weighted by atomic mass is 10.3. The van der Waals surface area contributed by atoms with Crippen molar-refractivity contribution in [2.45, 2.75) is 18.4 Å². The monoisotopic (exact) mass is 326 g/mol. The summed E-state index contributed by atoms with van der Waals surface area (Å²) in [4.78, 5) is 11.2. The van der Waals surface area contributed by atoms with Gasteiger partial charge in [0.2, 0.25) is 0 Å². The Morgan fingerprint density at radius 3 is 2.57 bits per heavy atom. The standard InChI is InChI=1S/C13H14N2O4S2/c1-2-21(18,19)12-6-4-3-5-11(12)14-9-10-7-8-13(20-10)15(16)17/h3-8,14H,2,9H2,1H3. The molecule has 0 saturated carbocycles. The van der Waals surface area contributed by atoms with Gasteiger partial charge in [-0.1, -0.05) is 30.4 Å². The van der Waals surface area contributed by atoms with Crippen LogP contribution < -0.4 is 5.32 Å². The van der Waals surface area contributed by atoms with Gasteiger partial charge < -0.3 is 5.32 Å². The van der Waals surface area contributed by atoms with E-state index < -0.39 is 14.8 Å². The number of nitrogens with one attached hydrogen (secondary N) is 1. The third kappa shape index (κ3) is 3.59. The first-order chi connectivity index (χ1) is 9.94. The van der Waals surface area contributed by atoms with Crippen molar-refractivity contribution < 1.29 is 13.3 Å². The molecule has 0 spiro atoms. The maximum atomic E-state index is 12.0. The first-order valence-electron chi connectivity index (χ1n) is 6.23. The molecule has 0 radical (unpaired) electrons. The van der Waals surface area contributed by atoms with E-state index in [9.17, 15) is 18.5 Å². The van der Waals surface area contributed by atoms with Crippen molar-refractivity contribution in [2.24, 2.45) is 0 Å². The number of hydrogen-bond donors (Lipinski definition) is 1. The lowest BCUT2D eigenvalue weighted by molar-refractivity contribution is -0.380. The fourth-order valence-corrected chi connectivity index (χ4v) is 3.61. The molecular formula is C13H14N2O4S2. The number of nitrogens with zero attached hydrogens (tertiary/aromatic N) is 1. The third-order valence-electron chi connectivity index (χ3n) is 2.88. The first-order valence-corrected chi connectivity index (χ1v) is 8.69. The number of benzene rings is 1. The third-order valence-corrected chi connectivity index (χ3v) is 5.71. The van der Waals surface area contributed by atoms with Gasteiger partial charge in [-0.15, -0.1) is 0 Å². The molecule has 2 rings (SSSR count). The molecule has 0 aliphatic carbocycles. The van der Waals surface area contributed by atoms with E-state index in [-0.39, 0.29) is 15.6 Å². The molecule has 0 atom stereocenters. The first kappa shape index (κ1) is 15.5. The summed E-state index contributed by atoms with van der Waals surface area (Å²) in [7, 11) is -3.31. The molecular weight excluding hydrogens is 312 g/mol. The van der Waals surface area contributed by atoms with Crippen LogP contribution in [0.1, 0.15) is 11.8 Å². The van der Waals surface area contributed by atoms with E-state index in [0.717, 1.165) is 16.2 Å². The minimum Gasteiger partial charge on any atom is -0.379 e. The van der Waals surface area contributed by atoms with Crippen LogP contribution in [0.15, 0.2) is 41.3 Å². The SMILES string of the molecule is CCS(=O)(=O)c1ccccc1NCc1ccc([N+](=O)[O-])s1. The van der Waals surface area contributed by atoms with E-state index in [2.05, 4.69) is 5.32 Å². The molecule has 8 heteroatoms. The highest BCUT2D eigenvalue weighted by molar-refractivity contribution is 7.91. The number of hydrogen-bond acceptors (Lipinski definition) is 6. The molecule has 0 aliphatic rings. The van der Waals surface area contributed by atoms with Crippen LogP contribution in [0.4, 0.5) is 10.7 Å². The Bertz CT molecular complexity index is 753. The predicted octanol–water partition coefficient (Wildman–Crippen LogP) is 3.06. The Kier molecular flexibility index (Phi) is 4.59. The molecule has 6 nitrogen and oxygen atoms in total. The Morgan fingerprint density at radius 2 is 1.95 bits per heavy atom. The number of para-hydroxylation sites is 1. The van der Waals surface area contributed by atoms with Crippen LogP contribution in [-0.2, 0) is 16.4 Å². The van der Waals surface area contributed by atoms with Crippen LogP contribution in [0.5, 0.6) is 0 Å². The molecule has 1 aromatic heterocycles. The van der Waals surface area contributed by atoms with Gasteiger partial charge in [-0.25, -0.2) is 8.42 Å². The van der Waals surface area contributed by atoms with E-state index in [1.165, 1.54) is 6.07 Å². The summed E-state index contributed by atoms with van der Waals surface area (Å²) in [5.74, 6) is 0.0240. The maximum absolute atomic E-state index is 12.0. The van der Waals surface area contributed by atoms with Crippen LogP contribution >= 0.6 is 11.3 Å². The molecule has 1 heterocycles. The predicted molar refractivity (Wildman–Crippen MR) is 82.5 cm³/mol. The van der Waals surface area contributed by atoms with Crippen molar-refractivity contribution >= 4 is 31.9 Å². The topological polar surface area (TPSA) is 89.3 Å². The van der Waals surface area contributed by atoms with Gasteiger partial charge in [-0.3, -0.25) is 10.1 Å². The molecule has 1 aromatic carbocycles. The molecule has 0 fully saturated rings. The highest BCUT2D eigenvalue weighted by atomic mass is 32.2. The molecule has 0 bridgehead atoms. The Hall–Kier alpha value is -1.93. The summed E-state index contributed by atoms with van der Waals surface area (Å²) in [6.45, 7) is 1.93. The Morgan fingerprint density at radius 1 is 1.24 bits per heavy atom. The second-order valence-corrected chi connectivity index (χ2v) is 7.64. The normalized spacial score (nSPS) is 11.3. The van der Waals surface area contributed by atoms with Crippen LogP contribution in [0, 0.1) is 10.1 Å². The van der Waals surface area contributed by atoms with Crippen molar-refractivity contribution in [1.29, 1.82) is 0 Å². The van der Waals surface area contributed by atoms with E-state index in [1.54, 1.807) is 37.3 Å². The van der Waals surface area contributed by atoms with Gasteiger partial charge in [-0.05, 0) is 18.2 Å². The maximum Gasteiger partial charge on any atom is 0.324 e. The summed E-state index contributed by atoms with van der Waals surface area (Å²) < 4.78 is 24.0. The van der Waals surface area contributed by atoms with E-state index >= 15 is 0 Å². The van der Waals surface area contributed by atoms with Crippen molar-refractivity contribution in [3.63, 3.8) is 0 Å². The van der Waals surface area contributed by atoms with Gasteiger partial charge in [-0.2, -0.15) is 0 Å². The van der Waals surface area contributed by atoms with Gasteiger partial charge in [0, 0.05) is 17.5 Å². The molecule has 1 N–H and O–H groups in total. The van der Waals surface area contributed by atoms with Crippen LogP contribution in [-0.4, -0.2) is 19.1 Å². The Labute approximate surface area is 126 Å². The minimum atomic E-state index is -3.31. The zero-order valence-electron chi connectivity index (χ0n) is 11.3. The fraction of sp³-hybridized carbons (Fsp3) is 0.231. The second-order valence-electron chi connectivity index (χ2n) is 4.25. The number of sulfone groups is 1. The molecule has 0 unspecified atom stereocenters. The fourth-order valence-electron chi connectivity index (χ4n) is 1.78. The van der Waals surface area contributed by atoms with E-state index in [4.69, 9.17) is 0 Å². The van der Waals surface area contributed by atoms with Crippen LogP contribution in [0.25, 0.3) is 0 Å². The summed E-state index contributed by atoms with van der Waals surface area (Å²) in [5, 5.41) is 13.7. The van der Waals surface area contributed by atoms with Crippen molar-refractivity contribution in [3.05, 3.63) is 51.4 Å². The summed E-state index contributed by atoms with van der Waals surface area (Å²) in [6.07, 6.45) is 0. The van der Waals surface area contributed by atoms with Crippen molar-refractivity contribution in [3.8, 4) is 0 Å². The molecule has 0 aliphatic heterocycles. The highest BCUT2D eigenvalue weighted by Crippen LogP contribution is 2.26. The number of rotatable bonds is 6. The molecule has 2 aromatic rings. The Balaban J connectivity index is 2.18. The van der Waals surface area contributed by atoms with Gasteiger partial charge in [0.05, 0.1) is 21.3 Å². The van der Waals surface area contributed by atoms with Crippen molar-refractivity contribution in [2.75, 3.05) is 11.1 Å². The van der Waals surface area contributed by atoms with Crippen LogP contribution in [0.2, 0.25) is 0 Å². The zero-order valence-corrected chi connectivity index (χ0v) is 12.9.